The molecule has 2 unspecified atom stereocenters. The number of carbonyl (C=O) groups excluding carboxylic acids is 6. The molecule has 4 aliphatic heterocycles. The van der Waals surface area contributed by atoms with Crippen molar-refractivity contribution in [3.05, 3.63) is 88.1 Å². The van der Waals surface area contributed by atoms with Crippen molar-refractivity contribution in [3.8, 4) is 0 Å². The number of rotatable bonds is 8. The molecule has 1 saturated carbocycles. The fourth-order valence-corrected chi connectivity index (χ4v) is 8.70. The SMILES string of the molecule is CC(C)(O)c1c(NC(=O)c2cccc(C3CC3(F)F)n2)cn2cc(C3CCN(C(=O)C4CN(c5cc6c(cc5F)C(=O)N(C5CCC(=O)NC5=O)C6=O)C4)CC3)nc2c1F. The predicted octanol–water partition coefficient (Wildman–Crippen LogP) is 3.85. The van der Waals surface area contributed by atoms with Crippen LogP contribution < -0.4 is 15.5 Å². The average Bonchev–Trinajstić information content (AvgIpc) is 3.49. The Balaban J connectivity index is 0.845. The van der Waals surface area contributed by atoms with Gasteiger partial charge < -0.3 is 24.6 Å². The molecule has 1 aromatic carbocycles. The van der Waals surface area contributed by atoms with Crippen molar-refractivity contribution in [2.45, 2.75) is 75.4 Å². The highest BCUT2D eigenvalue weighted by Gasteiger charge is 2.58. The van der Waals surface area contributed by atoms with E-state index in [1.807, 2.05) is 0 Å². The van der Waals surface area contributed by atoms with E-state index < -0.39 is 70.6 Å². The van der Waals surface area contributed by atoms with Gasteiger partial charge in [-0.2, -0.15) is 0 Å². The van der Waals surface area contributed by atoms with Crippen LogP contribution in [-0.2, 0) is 20.0 Å². The van der Waals surface area contributed by atoms with Gasteiger partial charge in [-0.25, -0.2) is 27.5 Å². The molecule has 0 bridgehead atoms. The van der Waals surface area contributed by atoms with Crippen molar-refractivity contribution in [2.24, 2.45) is 5.92 Å². The molecule has 4 aromatic rings. The molecule has 15 nitrogen and oxygen atoms in total. The number of aliphatic hydroxyl groups is 1. The molecule has 5 aliphatic rings. The fraction of sp³-hybridized carbons (Fsp3) is 0.415. The minimum atomic E-state index is -2.88. The molecule has 19 heteroatoms. The van der Waals surface area contributed by atoms with E-state index in [9.17, 15) is 42.7 Å². The van der Waals surface area contributed by atoms with Crippen molar-refractivity contribution < 1.29 is 51.4 Å². The summed E-state index contributed by atoms with van der Waals surface area (Å²) in [5.74, 6) is -9.99. The Morgan fingerprint density at radius 2 is 1.63 bits per heavy atom. The first-order valence-electron chi connectivity index (χ1n) is 19.6. The lowest BCUT2D eigenvalue weighted by atomic mass is 9.91. The second-order valence-electron chi connectivity index (χ2n) is 16.6. The monoisotopic (exact) mass is 830 g/mol. The highest BCUT2D eigenvalue weighted by atomic mass is 19.3. The van der Waals surface area contributed by atoms with Crippen LogP contribution >= 0.6 is 0 Å². The zero-order chi connectivity index (χ0) is 42.6. The number of carbonyl (C=O) groups is 6. The molecule has 4 fully saturated rings. The van der Waals surface area contributed by atoms with E-state index in [1.165, 1.54) is 48.7 Å². The number of imidazole rings is 1. The lowest BCUT2D eigenvalue weighted by Crippen LogP contribution is -2.56. The molecule has 3 saturated heterocycles. The molecule has 9 rings (SSSR count). The summed E-state index contributed by atoms with van der Waals surface area (Å²) in [6, 6.07) is 5.26. The van der Waals surface area contributed by atoms with E-state index in [2.05, 4.69) is 20.6 Å². The van der Waals surface area contributed by atoms with Gasteiger partial charge in [0.15, 0.2) is 11.5 Å². The number of anilines is 2. The van der Waals surface area contributed by atoms with E-state index in [-0.39, 0.29) is 89.3 Å². The van der Waals surface area contributed by atoms with Crippen LogP contribution in [0.15, 0.2) is 42.7 Å². The van der Waals surface area contributed by atoms with Gasteiger partial charge in [-0.05, 0) is 57.4 Å². The first kappa shape index (κ1) is 39.2. The standard InChI is InChI=1S/C41H38F4N8O7/c1-40(2,60)32-28(48-35(55)26-5-3-4-25(46-26)23-14-41(23,44)45)18-52-17-27(47-34(52)33(32)43)19-8-10-50(11-9-19)37(57)20-15-51(16-20)30-13-22-21(12-24(30)42)38(58)53(39(22)59)29-6-7-31(54)49-36(29)56/h3-5,12-13,17-20,23,29,60H,6-11,14-16H2,1-2H3,(H,48,55)(H,49,54,56). The van der Waals surface area contributed by atoms with Crippen LogP contribution in [0.4, 0.5) is 28.9 Å². The first-order valence-corrected chi connectivity index (χ1v) is 19.6. The molecule has 60 heavy (non-hydrogen) atoms. The molecule has 7 heterocycles. The molecule has 3 aromatic heterocycles. The largest absolute Gasteiger partial charge is 0.386 e. The predicted molar refractivity (Wildman–Crippen MR) is 202 cm³/mol. The third kappa shape index (κ3) is 6.64. The number of halogens is 4. The molecule has 0 radical (unpaired) electrons. The smallest absolute Gasteiger partial charge is 0.274 e. The van der Waals surface area contributed by atoms with Gasteiger partial charge in [0.1, 0.15) is 17.6 Å². The lowest BCUT2D eigenvalue weighted by molar-refractivity contribution is -0.138. The molecule has 0 spiro atoms. The van der Waals surface area contributed by atoms with Crippen LogP contribution in [0.2, 0.25) is 0 Å². The first-order chi connectivity index (χ1) is 28.4. The van der Waals surface area contributed by atoms with Crippen molar-refractivity contribution in [1.29, 1.82) is 0 Å². The van der Waals surface area contributed by atoms with Gasteiger partial charge in [0.2, 0.25) is 17.7 Å². The Morgan fingerprint density at radius 3 is 2.28 bits per heavy atom. The number of hydrogen-bond acceptors (Lipinski definition) is 10. The summed E-state index contributed by atoms with van der Waals surface area (Å²) in [5, 5.41) is 15.7. The highest BCUT2D eigenvalue weighted by molar-refractivity contribution is 6.23. The third-order valence-corrected chi connectivity index (χ3v) is 12.1. The summed E-state index contributed by atoms with van der Waals surface area (Å²) in [5.41, 5.74) is -1.87. The van der Waals surface area contributed by atoms with Crippen molar-refractivity contribution in [2.75, 3.05) is 36.4 Å². The van der Waals surface area contributed by atoms with Crippen LogP contribution in [0.3, 0.4) is 0 Å². The van der Waals surface area contributed by atoms with Crippen molar-refractivity contribution in [1.82, 2.24) is 29.5 Å². The molecular formula is C41H38F4N8O7. The summed E-state index contributed by atoms with van der Waals surface area (Å²) < 4.78 is 60.3. The topological polar surface area (TPSA) is 187 Å². The number of aromatic nitrogens is 3. The van der Waals surface area contributed by atoms with Crippen LogP contribution in [0, 0.1) is 17.6 Å². The van der Waals surface area contributed by atoms with Gasteiger partial charge in [0.25, 0.3) is 23.6 Å². The summed E-state index contributed by atoms with van der Waals surface area (Å²) in [7, 11) is 0. The van der Waals surface area contributed by atoms with Crippen molar-refractivity contribution >= 4 is 52.5 Å². The summed E-state index contributed by atoms with van der Waals surface area (Å²) >= 11 is 0. The minimum absolute atomic E-state index is 0.0336. The molecular weight excluding hydrogens is 792 g/mol. The average molecular weight is 831 g/mol. The summed E-state index contributed by atoms with van der Waals surface area (Å²) in [6.07, 6.45) is 3.59. The van der Waals surface area contributed by atoms with Gasteiger partial charge in [-0.1, -0.05) is 6.07 Å². The second kappa shape index (κ2) is 13.9. The molecule has 2 atom stereocenters. The number of likely N-dealkylation sites (tertiary alicyclic amines) is 1. The Labute approximate surface area is 338 Å². The van der Waals surface area contributed by atoms with E-state index in [1.54, 1.807) is 16.0 Å². The summed E-state index contributed by atoms with van der Waals surface area (Å²) in [4.78, 5) is 89.9. The molecule has 3 N–H and O–H groups in total. The summed E-state index contributed by atoms with van der Waals surface area (Å²) in [6.45, 7) is 3.78. The maximum atomic E-state index is 16.2. The fourth-order valence-electron chi connectivity index (χ4n) is 8.70. The number of nitrogens with one attached hydrogen (secondary N) is 2. The van der Waals surface area contributed by atoms with Crippen LogP contribution in [0.25, 0.3) is 5.65 Å². The Hall–Kier alpha value is -6.24. The lowest BCUT2D eigenvalue weighted by Gasteiger charge is -2.43. The van der Waals surface area contributed by atoms with Gasteiger partial charge in [0.05, 0.1) is 51.3 Å². The zero-order valence-corrected chi connectivity index (χ0v) is 32.3. The Bertz CT molecular complexity index is 2560. The maximum Gasteiger partial charge on any atom is 0.274 e. The van der Waals surface area contributed by atoms with Crippen LogP contribution in [-0.4, -0.2) is 103 Å². The quantitative estimate of drug-likeness (QED) is 0.174. The van der Waals surface area contributed by atoms with Crippen LogP contribution in [0.1, 0.15) is 106 Å². The van der Waals surface area contributed by atoms with Gasteiger partial charge >= 0.3 is 0 Å². The van der Waals surface area contributed by atoms with Gasteiger partial charge in [-0.15, -0.1) is 0 Å². The van der Waals surface area contributed by atoms with Crippen LogP contribution in [0.5, 0.6) is 0 Å². The number of pyridine rings is 2. The number of fused-ring (bicyclic) bond motifs is 2. The van der Waals surface area contributed by atoms with E-state index in [0.717, 1.165) is 11.0 Å². The number of amides is 6. The number of piperidine rings is 2. The van der Waals surface area contributed by atoms with E-state index in [0.29, 0.717) is 31.6 Å². The van der Waals surface area contributed by atoms with Gasteiger partial charge in [-0.3, -0.25) is 39.0 Å². The number of alkyl halides is 2. The number of hydrogen-bond donors (Lipinski definition) is 3. The minimum Gasteiger partial charge on any atom is -0.386 e. The number of nitrogens with zero attached hydrogens (tertiary/aromatic N) is 6. The van der Waals surface area contributed by atoms with Crippen molar-refractivity contribution in [3.63, 3.8) is 0 Å². The second-order valence-corrected chi connectivity index (χ2v) is 16.6. The number of benzene rings is 1. The third-order valence-electron chi connectivity index (χ3n) is 12.1. The Kier molecular flexibility index (Phi) is 9.10. The zero-order valence-electron chi connectivity index (χ0n) is 32.3. The highest BCUT2D eigenvalue weighted by Crippen LogP contribution is 2.55. The maximum absolute atomic E-state index is 16.2. The molecule has 6 amide bonds. The van der Waals surface area contributed by atoms with E-state index in [4.69, 9.17) is 0 Å². The molecule has 1 aliphatic carbocycles. The van der Waals surface area contributed by atoms with E-state index >= 15 is 8.78 Å². The Morgan fingerprint density at radius 1 is 0.950 bits per heavy atom. The molecule has 312 valence electrons. The van der Waals surface area contributed by atoms with Gasteiger partial charge in [0, 0.05) is 62.9 Å². The number of imide groups is 2. The normalized spacial score (nSPS) is 21.9.